The number of ketones is 1. The van der Waals surface area contributed by atoms with Crippen molar-refractivity contribution in [1.82, 2.24) is 0 Å². The Hall–Kier alpha value is -1.44. The first-order valence-corrected chi connectivity index (χ1v) is 15.4. The van der Waals surface area contributed by atoms with E-state index in [4.69, 9.17) is 14.2 Å². The SMILES string of the molecule is CCOC(=O)CC[C@@H](C)[C@@H]1CC[C@@H]2[C@@H]3C(=O)[C@H](Br)[C@@H]4C[C@H](OC(C)=O)CC[C@]4(C)[C@H]3C[C@H](OC(C)=O)[C@]21C. The number of carbonyl (C=O) groups is 4. The first kappa shape index (κ1) is 29.5. The van der Waals surface area contributed by atoms with Gasteiger partial charge in [0.05, 0.1) is 11.4 Å². The first-order valence-electron chi connectivity index (χ1n) is 14.5. The molecule has 4 fully saturated rings. The van der Waals surface area contributed by atoms with Gasteiger partial charge in [-0.1, -0.05) is 36.7 Å². The topological polar surface area (TPSA) is 96.0 Å². The molecule has 0 bridgehead atoms. The maximum atomic E-state index is 14.1. The minimum absolute atomic E-state index is 0.0670. The molecular formula is C30H45BrO7. The molecule has 214 valence electrons. The molecule has 0 unspecified atom stereocenters. The minimum Gasteiger partial charge on any atom is -0.466 e. The van der Waals surface area contributed by atoms with Crippen LogP contribution < -0.4 is 0 Å². The second kappa shape index (κ2) is 11.2. The van der Waals surface area contributed by atoms with Crippen molar-refractivity contribution in [2.45, 2.75) is 110 Å². The Kier molecular flexibility index (Phi) is 8.71. The molecule has 0 saturated heterocycles. The van der Waals surface area contributed by atoms with E-state index in [9.17, 15) is 19.2 Å². The standard InChI is InChI=1S/C30H45BrO7/c1-7-36-25(34)11-8-16(2)20-9-10-21-26-22(15-24(30(20,21)6)38-18(4)33)29(5)13-12-19(37-17(3)32)14-23(29)27(31)28(26)35/h16,19-24,26-27H,7-15H2,1-6H3/t16-,19-,20+,21-,22+,23+,24+,26+,27-,29-,30+/m1/s1. The summed E-state index contributed by atoms with van der Waals surface area (Å²) in [6.45, 7) is 11.9. The number of Topliss-reactive ketones (excluding diaryl/α,β-unsaturated/α-hetero) is 1. The van der Waals surface area contributed by atoms with Gasteiger partial charge in [-0.3, -0.25) is 19.2 Å². The van der Waals surface area contributed by atoms with Crippen LogP contribution in [0.5, 0.6) is 0 Å². The van der Waals surface area contributed by atoms with Crippen molar-refractivity contribution in [2.24, 2.45) is 46.3 Å². The lowest BCUT2D eigenvalue weighted by Crippen LogP contribution is -2.64. The molecule has 8 heteroatoms. The molecular weight excluding hydrogens is 552 g/mol. The first-order chi connectivity index (χ1) is 17.8. The number of ether oxygens (including phenoxy) is 3. The van der Waals surface area contributed by atoms with Gasteiger partial charge in [0.25, 0.3) is 0 Å². The zero-order chi connectivity index (χ0) is 28.0. The van der Waals surface area contributed by atoms with Gasteiger partial charge < -0.3 is 14.2 Å². The number of alkyl halides is 1. The summed E-state index contributed by atoms with van der Waals surface area (Å²) < 4.78 is 16.9. The van der Waals surface area contributed by atoms with Gasteiger partial charge in [-0.25, -0.2) is 0 Å². The van der Waals surface area contributed by atoms with Crippen molar-refractivity contribution in [2.75, 3.05) is 6.61 Å². The summed E-state index contributed by atoms with van der Waals surface area (Å²) in [5.74, 6) is 0.235. The lowest BCUT2D eigenvalue weighted by molar-refractivity contribution is -0.196. The molecule has 38 heavy (non-hydrogen) atoms. The Morgan fingerprint density at radius 3 is 2.32 bits per heavy atom. The fraction of sp³-hybridized carbons (Fsp3) is 0.867. The van der Waals surface area contributed by atoms with Crippen LogP contribution in [0, 0.1) is 46.3 Å². The largest absolute Gasteiger partial charge is 0.466 e. The molecule has 7 nitrogen and oxygen atoms in total. The van der Waals surface area contributed by atoms with Gasteiger partial charge in [0.2, 0.25) is 0 Å². The number of esters is 3. The van der Waals surface area contributed by atoms with Crippen LogP contribution in [0.3, 0.4) is 0 Å². The Morgan fingerprint density at radius 2 is 1.68 bits per heavy atom. The zero-order valence-corrected chi connectivity index (χ0v) is 25.4. The van der Waals surface area contributed by atoms with E-state index in [-0.39, 0.29) is 87.1 Å². The van der Waals surface area contributed by atoms with Crippen LogP contribution in [-0.4, -0.2) is 47.3 Å². The molecule has 11 atom stereocenters. The number of fused-ring (bicyclic) bond motifs is 5. The van der Waals surface area contributed by atoms with Crippen LogP contribution in [0.4, 0.5) is 0 Å². The van der Waals surface area contributed by atoms with Gasteiger partial charge in [-0.2, -0.15) is 0 Å². The van der Waals surface area contributed by atoms with Crippen LogP contribution in [-0.2, 0) is 33.4 Å². The summed E-state index contributed by atoms with van der Waals surface area (Å²) in [4.78, 5) is 50.0. The van der Waals surface area contributed by atoms with Gasteiger partial charge in [0, 0.05) is 31.6 Å². The predicted molar refractivity (Wildman–Crippen MR) is 145 cm³/mol. The van der Waals surface area contributed by atoms with Crippen LogP contribution in [0.25, 0.3) is 0 Å². The van der Waals surface area contributed by atoms with Gasteiger partial charge in [0.15, 0.2) is 0 Å². The lowest BCUT2D eigenvalue weighted by Gasteiger charge is -2.63. The Balaban J connectivity index is 1.64. The van der Waals surface area contributed by atoms with Crippen LogP contribution in [0.1, 0.15) is 92.9 Å². The van der Waals surface area contributed by atoms with Crippen molar-refractivity contribution in [1.29, 1.82) is 0 Å². The van der Waals surface area contributed by atoms with Crippen LogP contribution >= 0.6 is 15.9 Å². The summed E-state index contributed by atoms with van der Waals surface area (Å²) in [6.07, 6.45) is 5.56. The van der Waals surface area contributed by atoms with Gasteiger partial charge in [0.1, 0.15) is 18.0 Å². The van der Waals surface area contributed by atoms with Crippen molar-refractivity contribution >= 4 is 39.6 Å². The number of carbonyl (C=O) groups excluding carboxylic acids is 4. The number of rotatable bonds is 7. The molecule has 0 amide bonds. The molecule has 0 aromatic carbocycles. The number of halogens is 1. The quantitative estimate of drug-likeness (QED) is 0.213. The highest BCUT2D eigenvalue weighted by Crippen LogP contribution is 2.68. The monoisotopic (exact) mass is 596 g/mol. The van der Waals surface area contributed by atoms with Crippen LogP contribution in [0.2, 0.25) is 0 Å². The molecule has 0 aromatic heterocycles. The predicted octanol–water partition coefficient (Wildman–Crippen LogP) is 5.65. The zero-order valence-electron chi connectivity index (χ0n) is 23.8. The summed E-state index contributed by atoms with van der Waals surface area (Å²) in [6, 6.07) is 0. The third-order valence-corrected chi connectivity index (χ3v) is 12.1. The molecule has 4 aliphatic carbocycles. The minimum atomic E-state index is -0.332. The fourth-order valence-electron chi connectivity index (χ4n) is 9.31. The van der Waals surface area contributed by atoms with E-state index in [2.05, 4.69) is 36.7 Å². The molecule has 4 aliphatic rings. The van der Waals surface area contributed by atoms with E-state index in [0.717, 1.165) is 32.1 Å². The summed E-state index contributed by atoms with van der Waals surface area (Å²) in [7, 11) is 0. The third kappa shape index (κ3) is 5.08. The number of hydrogen-bond acceptors (Lipinski definition) is 7. The van der Waals surface area contributed by atoms with Crippen molar-refractivity contribution in [3.8, 4) is 0 Å². The smallest absolute Gasteiger partial charge is 0.305 e. The molecule has 0 aliphatic heterocycles. The maximum Gasteiger partial charge on any atom is 0.305 e. The fourth-order valence-corrected chi connectivity index (χ4v) is 10.4. The average Bonchev–Trinajstić information content (AvgIpc) is 3.20. The second-order valence-corrected chi connectivity index (χ2v) is 13.9. The Bertz CT molecular complexity index is 951. The van der Waals surface area contributed by atoms with E-state index < -0.39 is 0 Å². The molecule has 0 aromatic rings. The highest BCUT2D eigenvalue weighted by Gasteiger charge is 2.68. The van der Waals surface area contributed by atoms with Crippen molar-refractivity contribution in [3.05, 3.63) is 0 Å². The van der Waals surface area contributed by atoms with E-state index in [0.29, 0.717) is 25.9 Å². The third-order valence-electron chi connectivity index (χ3n) is 11.0. The second-order valence-electron chi connectivity index (χ2n) is 12.9. The summed E-state index contributed by atoms with van der Waals surface area (Å²) in [5.41, 5.74) is -0.446. The average molecular weight is 598 g/mol. The van der Waals surface area contributed by atoms with Gasteiger partial charge >= 0.3 is 17.9 Å². The molecule has 0 radical (unpaired) electrons. The van der Waals surface area contributed by atoms with Gasteiger partial charge in [-0.05, 0) is 86.9 Å². The van der Waals surface area contributed by atoms with Crippen molar-refractivity contribution in [3.63, 3.8) is 0 Å². The van der Waals surface area contributed by atoms with Crippen molar-refractivity contribution < 1.29 is 33.4 Å². The highest BCUT2D eigenvalue weighted by atomic mass is 79.9. The van der Waals surface area contributed by atoms with Gasteiger partial charge in [-0.15, -0.1) is 0 Å². The number of hydrogen-bond donors (Lipinski definition) is 0. The molecule has 4 rings (SSSR count). The normalized spacial score (nSPS) is 42.8. The van der Waals surface area contributed by atoms with Crippen LogP contribution in [0.15, 0.2) is 0 Å². The van der Waals surface area contributed by atoms with E-state index in [1.54, 1.807) is 0 Å². The Labute approximate surface area is 235 Å². The maximum absolute atomic E-state index is 14.1. The molecule has 0 N–H and O–H groups in total. The Morgan fingerprint density at radius 1 is 1.00 bits per heavy atom. The highest BCUT2D eigenvalue weighted by molar-refractivity contribution is 9.10. The summed E-state index contributed by atoms with van der Waals surface area (Å²) >= 11 is 3.83. The molecule has 0 spiro atoms. The molecule has 0 heterocycles. The summed E-state index contributed by atoms with van der Waals surface area (Å²) in [5, 5.41) is 0. The molecule has 4 saturated carbocycles. The van der Waals surface area contributed by atoms with E-state index in [1.165, 1.54) is 13.8 Å². The lowest BCUT2D eigenvalue weighted by atomic mass is 9.43. The van der Waals surface area contributed by atoms with E-state index in [1.807, 2.05) is 6.92 Å². The van der Waals surface area contributed by atoms with E-state index >= 15 is 0 Å².